The minimum Gasteiger partial charge on any atom is -0.466 e. The summed E-state index contributed by atoms with van der Waals surface area (Å²) in [5.41, 5.74) is 0. The molecule has 0 rings (SSSR count). The summed E-state index contributed by atoms with van der Waals surface area (Å²) >= 11 is 0. The molecule has 0 aliphatic heterocycles. The van der Waals surface area contributed by atoms with Crippen LogP contribution in [0.1, 0.15) is 233 Å². The van der Waals surface area contributed by atoms with E-state index >= 15 is 0 Å². The zero-order valence-electron chi connectivity index (χ0n) is 37.0. The molecule has 0 aromatic rings. The maximum absolute atomic E-state index is 12.6. The minimum absolute atomic E-state index is 0.0261. The molecule has 0 bridgehead atoms. The van der Waals surface area contributed by atoms with Gasteiger partial charge >= 0.3 is 11.9 Å². The largest absolute Gasteiger partial charge is 0.466 e. The zero-order valence-corrected chi connectivity index (χ0v) is 37.0. The molecule has 1 unspecified atom stereocenters. The van der Waals surface area contributed by atoms with Gasteiger partial charge in [0.15, 0.2) is 0 Å². The van der Waals surface area contributed by atoms with Crippen LogP contribution in [0.3, 0.4) is 0 Å². The number of hydrogen-bond acceptors (Lipinski definition) is 6. The van der Waals surface area contributed by atoms with Gasteiger partial charge in [-0.15, -0.1) is 0 Å². The van der Waals surface area contributed by atoms with Crippen LogP contribution < -0.4 is 5.32 Å². The number of amides is 1. The van der Waals surface area contributed by atoms with Crippen molar-refractivity contribution in [3.05, 3.63) is 0 Å². The fraction of sp³-hybridized carbons (Fsp3) is 0.936. The molecule has 0 aliphatic rings. The zero-order chi connectivity index (χ0) is 39.9. The molecule has 0 saturated carbocycles. The Morgan fingerprint density at radius 1 is 0.444 bits per heavy atom. The van der Waals surface area contributed by atoms with E-state index in [2.05, 4.69) is 33.0 Å². The first-order valence-electron chi connectivity index (χ1n) is 23.5. The number of esters is 2. The van der Waals surface area contributed by atoms with Crippen molar-refractivity contribution in [2.75, 3.05) is 33.9 Å². The van der Waals surface area contributed by atoms with Crippen molar-refractivity contribution in [3.63, 3.8) is 0 Å². The number of likely N-dealkylation sites (N-methyl/N-ethyl adjacent to an activating group) is 1. The van der Waals surface area contributed by atoms with Gasteiger partial charge in [0.25, 0.3) is 0 Å². The first kappa shape index (κ1) is 52.4. The molecule has 0 aromatic carbocycles. The van der Waals surface area contributed by atoms with Crippen molar-refractivity contribution in [3.8, 4) is 0 Å². The van der Waals surface area contributed by atoms with E-state index in [1.807, 2.05) is 19.0 Å². The second-order valence-electron chi connectivity index (χ2n) is 16.8. The number of carbonyl (C=O) groups excluding carboxylic acids is 3. The fourth-order valence-electron chi connectivity index (χ4n) is 7.65. The molecule has 54 heavy (non-hydrogen) atoms. The van der Waals surface area contributed by atoms with Crippen LogP contribution in [-0.4, -0.2) is 62.6 Å². The SMILES string of the molecule is CCCCCC(CCCCC)CCOC(=O)CCCCCCCCC(CCCCCCC(=O)OCCC(CCCCC)CCCCC)NC(=O)CN(C)C. The molecule has 7 nitrogen and oxygen atoms in total. The molecule has 0 spiro atoms. The molecule has 0 aromatic heterocycles. The molecule has 0 aliphatic carbocycles. The maximum atomic E-state index is 12.6. The van der Waals surface area contributed by atoms with Crippen LogP contribution in [0.2, 0.25) is 0 Å². The van der Waals surface area contributed by atoms with E-state index in [1.54, 1.807) is 0 Å². The Hall–Kier alpha value is -1.63. The summed E-state index contributed by atoms with van der Waals surface area (Å²) in [5.74, 6) is 1.42. The molecule has 0 saturated heterocycles. The van der Waals surface area contributed by atoms with E-state index in [1.165, 1.54) is 109 Å². The average Bonchev–Trinajstić information content (AvgIpc) is 3.13. The number of carbonyl (C=O) groups is 3. The van der Waals surface area contributed by atoms with Gasteiger partial charge in [-0.1, -0.05) is 182 Å². The predicted molar refractivity (Wildman–Crippen MR) is 230 cm³/mol. The molecule has 0 fully saturated rings. The Morgan fingerprint density at radius 2 is 0.778 bits per heavy atom. The number of nitrogens with zero attached hydrogens (tertiary/aromatic N) is 1. The lowest BCUT2D eigenvalue weighted by Crippen LogP contribution is -2.40. The highest BCUT2D eigenvalue weighted by atomic mass is 16.5. The Balaban J connectivity index is 4.23. The standard InChI is InChI=1S/C47H92N2O5/c1-7-11-21-29-42(30-22-12-8-2)37-39-53-46(51)35-27-18-16-15-17-25-33-44(48-45(50)41-49(5)6)34-26-19-20-28-36-47(52)54-40-38-43(31-23-13-9-3)32-24-14-10-4/h42-44H,7-41H2,1-6H3,(H,48,50). The van der Waals surface area contributed by atoms with Gasteiger partial charge in [-0.2, -0.15) is 0 Å². The Bertz CT molecular complexity index is 830. The maximum Gasteiger partial charge on any atom is 0.305 e. The Kier molecular flexibility index (Phi) is 38.4. The van der Waals surface area contributed by atoms with Gasteiger partial charge in [-0.3, -0.25) is 14.4 Å². The summed E-state index contributed by atoms with van der Waals surface area (Å²) < 4.78 is 11.3. The molecular weight excluding hydrogens is 673 g/mol. The van der Waals surface area contributed by atoms with Crippen LogP contribution >= 0.6 is 0 Å². The lowest BCUT2D eigenvalue weighted by atomic mass is 9.92. The second kappa shape index (κ2) is 39.6. The van der Waals surface area contributed by atoms with Gasteiger partial charge in [-0.05, 0) is 64.5 Å². The van der Waals surface area contributed by atoms with Crippen molar-refractivity contribution in [1.82, 2.24) is 10.2 Å². The van der Waals surface area contributed by atoms with Crippen molar-refractivity contribution in [1.29, 1.82) is 0 Å². The summed E-state index contributed by atoms with van der Waals surface area (Å²) in [6.07, 6.45) is 36.2. The summed E-state index contributed by atoms with van der Waals surface area (Å²) in [6.45, 7) is 10.6. The highest BCUT2D eigenvalue weighted by molar-refractivity contribution is 5.78. The number of unbranched alkanes of at least 4 members (excludes halogenated alkanes) is 16. The van der Waals surface area contributed by atoms with Gasteiger partial charge in [0.2, 0.25) is 5.91 Å². The molecule has 7 heteroatoms. The minimum atomic E-state index is -0.0423. The summed E-state index contributed by atoms with van der Waals surface area (Å²) in [6, 6.07) is 0.206. The number of rotatable bonds is 41. The molecule has 0 heterocycles. The topological polar surface area (TPSA) is 84.9 Å². The lowest BCUT2D eigenvalue weighted by molar-refractivity contribution is -0.145. The average molecular weight is 765 g/mol. The third kappa shape index (κ3) is 36.0. The fourth-order valence-corrected chi connectivity index (χ4v) is 7.65. The van der Waals surface area contributed by atoms with Gasteiger partial charge in [0.1, 0.15) is 0 Å². The number of nitrogens with one attached hydrogen (secondary N) is 1. The van der Waals surface area contributed by atoms with E-state index in [0.717, 1.165) is 83.5 Å². The summed E-state index contributed by atoms with van der Waals surface area (Å²) in [5, 5.41) is 3.29. The summed E-state index contributed by atoms with van der Waals surface area (Å²) in [4.78, 5) is 39.2. The van der Waals surface area contributed by atoms with E-state index in [9.17, 15) is 14.4 Å². The summed E-state index contributed by atoms with van der Waals surface area (Å²) in [7, 11) is 3.86. The van der Waals surface area contributed by atoms with E-state index in [0.29, 0.717) is 44.4 Å². The molecule has 0 radical (unpaired) electrons. The van der Waals surface area contributed by atoms with Crippen molar-refractivity contribution in [2.24, 2.45) is 11.8 Å². The van der Waals surface area contributed by atoms with E-state index in [-0.39, 0.29) is 23.9 Å². The highest BCUT2D eigenvalue weighted by Crippen LogP contribution is 2.23. The van der Waals surface area contributed by atoms with E-state index in [4.69, 9.17) is 9.47 Å². The van der Waals surface area contributed by atoms with Crippen LogP contribution in [0.15, 0.2) is 0 Å². The second-order valence-corrected chi connectivity index (χ2v) is 16.8. The third-order valence-corrected chi connectivity index (χ3v) is 11.1. The van der Waals surface area contributed by atoms with Gasteiger partial charge in [0, 0.05) is 18.9 Å². The van der Waals surface area contributed by atoms with Crippen LogP contribution in [0.5, 0.6) is 0 Å². The van der Waals surface area contributed by atoms with Gasteiger partial charge in [-0.25, -0.2) is 0 Å². The lowest BCUT2D eigenvalue weighted by Gasteiger charge is -2.20. The Morgan fingerprint density at radius 3 is 1.13 bits per heavy atom. The first-order valence-corrected chi connectivity index (χ1v) is 23.5. The predicted octanol–water partition coefficient (Wildman–Crippen LogP) is 12.9. The molecule has 1 amide bonds. The van der Waals surface area contributed by atoms with Gasteiger partial charge in [0.05, 0.1) is 19.8 Å². The monoisotopic (exact) mass is 765 g/mol. The van der Waals surface area contributed by atoms with Crippen molar-refractivity contribution >= 4 is 17.8 Å². The first-order chi connectivity index (χ1) is 26.2. The van der Waals surface area contributed by atoms with Crippen LogP contribution in [-0.2, 0) is 23.9 Å². The third-order valence-electron chi connectivity index (χ3n) is 11.1. The van der Waals surface area contributed by atoms with Crippen molar-refractivity contribution in [2.45, 2.75) is 239 Å². The van der Waals surface area contributed by atoms with Crippen LogP contribution in [0.4, 0.5) is 0 Å². The molecule has 320 valence electrons. The normalized spacial score (nSPS) is 12.2. The smallest absolute Gasteiger partial charge is 0.305 e. The van der Waals surface area contributed by atoms with E-state index < -0.39 is 0 Å². The molecular formula is C47H92N2O5. The quantitative estimate of drug-likeness (QED) is 0.0493. The molecule has 1 atom stereocenters. The van der Waals surface area contributed by atoms with Crippen LogP contribution in [0.25, 0.3) is 0 Å². The highest BCUT2D eigenvalue weighted by Gasteiger charge is 2.14. The van der Waals surface area contributed by atoms with Crippen LogP contribution in [0, 0.1) is 11.8 Å². The number of ether oxygens (including phenoxy) is 2. The van der Waals surface area contributed by atoms with Crippen molar-refractivity contribution < 1.29 is 23.9 Å². The van der Waals surface area contributed by atoms with Gasteiger partial charge < -0.3 is 19.7 Å². The number of hydrogen-bond donors (Lipinski definition) is 1. The molecule has 1 N–H and O–H groups in total. The Labute approximate surface area is 336 Å².